The molecule has 138 valence electrons. The number of ether oxygens (including phenoxy) is 2. The first-order chi connectivity index (χ1) is 12.2. The zero-order valence-corrected chi connectivity index (χ0v) is 16.6. The first-order valence-electron chi connectivity index (χ1n) is 8.81. The van der Waals surface area contributed by atoms with E-state index >= 15 is 0 Å². The van der Waals surface area contributed by atoms with Gasteiger partial charge in [-0.2, -0.15) is 11.8 Å². The fourth-order valence-electron chi connectivity index (χ4n) is 3.44. The second kappa shape index (κ2) is 8.96. The molecular weight excluding hydrogens is 354 g/mol. The van der Waals surface area contributed by atoms with E-state index in [2.05, 4.69) is 26.9 Å². The van der Waals surface area contributed by atoms with E-state index in [1.165, 1.54) is 24.3 Å². The number of benzene rings is 1. The van der Waals surface area contributed by atoms with Crippen LogP contribution in [-0.4, -0.2) is 72.9 Å². The second-order valence-electron chi connectivity index (χ2n) is 6.36. The normalized spacial score (nSPS) is 19.5. The highest BCUT2D eigenvalue weighted by atomic mass is 32.2. The molecule has 0 atom stereocenters. The summed E-state index contributed by atoms with van der Waals surface area (Å²) in [4.78, 5) is 4.90. The topological polar surface area (TPSA) is 37.0 Å². The molecule has 0 amide bonds. The monoisotopic (exact) mass is 381 g/mol. The van der Waals surface area contributed by atoms with Gasteiger partial charge in [0.05, 0.1) is 19.9 Å². The third-order valence-electron chi connectivity index (χ3n) is 4.96. The van der Waals surface area contributed by atoms with E-state index in [9.17, 15) is 0 Å². The number of rotatable bonds is 4. The summed E-state index contributed by atoms with van der Waals surface area (Å²) in [5.41, 5.74) is 0.875. The van der Waals surface area contributed by atoms with Crippen molar-refractivity contribution in [2.45, 2.75) is 18.9 Å². The van der Waals surface area contributed by atoms with Gasteiger partial charge in [-0.15, -0.1) is 0 Å². The molecule has 0 unspecified atom stereocenters. The van der Waals surface area contributed by atoms with Crippen LogP contribution in [0.1, 0.15) is 12.8 Å². The van der Waals surface area contributed by atoms with E-state index in [1.54, 1.807) is 14.2 Å². The minimum absolute atomic E-state index is 0.736. The SMILES string of the molecule is COc1ccc(NC(=S)N2CCN(C3CCSCC3)CC2)c(OC)c1. The van der Waals surface area contributed by atoms with Gasteiger partial charge in [-0.25, -0.2) is 0 Å². The molecule has 1 aromatic carbocycles. The van der Waals surface area contributed by atoms with Crippen molar-refractivity contribution in [2.24, 2.45) is 0 Å². The number of thiocarbonyl (C=S) groups is 1. The van der Waals surface area contributed by atoms with Crippen LogP contribution in [0.2, 0.25) is 0 Å². The largest absolute Gasteiger partial charge is 0.497 e. The Morgan fingerprint density at radius 1 is 1.12 bits per heavy atom. The molecule has 1 aromatic rings. The predicted octanol–water partition coefficient (Wildman–Crippen LogP) is 2.91. The first kappa shape index (κ1) is 18.6. The highest BCUT2D eigenvalue weighted by Crippen LogP contribution is 2.29. The summed E-state index contributed by atoms with van der Waals surface area (Å²) in [6, 6.07) is 6.49. The van der Waals surface area contributed by atoms with Crippen molar-refractivity contribution in [2.75, 3.05) is 57.2 Å². The van der Waals surface area contributed by atoms with Gasteiger partial charge in [0.25, 0.3) is 0 Å². The highest BCUT2D eigenvalue weighted by Gasteiger charge is 2.26. The van der Waals surface area contributed by atoms with Crippen molar-refractivity contribution in [1.82, 2.24) is 9.80 Å². The third-order valence-corrected chi connectivity index (χ3v) is 6.37. The minimum Gasteiger partial charge on any atom is -0.497 e. The number of thioether (sulfide) groups is 1. The van der Waals surface area contributed by atoms with E-state index in [4.69, 9.17) is 21.7 Å². The molecule has 0 saturated carbocycles. The van der Waals surface area contributed by atoms with Crippen molar-refractivity contribution in [3.8, 4) is 11.5 Å². The van der Waals surface area contributed by atoms with Crippen molar-refractivity contribution >= 4 is 34.8 Å². The Labute approximate surface area is 160 Å². The molecule has 2 aliphatic rings. The zero-order valence-electron chi connectivity index (χ0n) is 15.0. The predicted molar refractivity (Wildman–Crippen MR) is 109 cm³/mol. The molecule has 2 saturated heterocycles. The second-order valence-corrected chi connectivity index (χ2v) is 7.97. The van der Waals surface area contributed by atoms with Crippen molar-refractivity contribution in [3.05, 3.63) is 18.2 Å². The van der Waals surface area contributed by atoms with Gasteiger partial charge in [-0.05, 0) is 48.7 Å². The third kappa shape index (κ3) is 4.71. The van der Waals surface area contributed by atoms with Crippen LogP contribution in [0.3, 0.4) is 0 Å². The molecule has 0 radical (unpaired) electrons. The van der Waals surface area contributed by atoms with Crippen LogP contribution in [0, 0.1) is 0 Å². The van der Waals surface area contributed by atoms with Crippen LogP contribution in [0.5, 0.6) is 11.5 Å². The lowest BCUT2D eigenvalue weighted by Crippen LogP contribution is -2.53. The summed E-state index contributed by atoms with van der Waals surface area (Å²) < 4.78 is 10.7. The van der Waals surface area contributed by atoms with Crippen LogP contribution >= 0.6 is 24.0 Å². The Balaban J connectivity index is 1.54. The lowest BCUT2D eigenvalue weighted by atomic mass is 10.1. The van der Waals surface area contributed by atoms with Crippen LogP contribution in [0.4, 0.5) is 5.69 Å². The van der Waals surface area contributed by atoms with Crippen molar-refractivity contribution in [1.29, 1.82) is 0 Å². The summed E-state index contributed by atoms with van der Waals surface area (Å²) in [5.74, 6) is 4.12. The molecule has 0 bridgehead atoms. The molecule has 2 heterocycles. The fraction of sp³-hybridized carbons (Fsp3) is 0.611. The van der Waals surface area contributed by atoms with Gasteiger partial charge < -0.3 is 19.7 Å². The summed E-state index contributed by atoms with van der Waals surface area (Å²) in [6.07, 6.45) is 2.66. The van der Waals surface area contributed by atoms with Gasteiger partial charge in [0, 0.05) is 38.3 Å². The average molecular weight is 382 g/mol. The molecule has 3 rings (SSSR count). The van der Waals surface area contributed by atoms with Gasteiger partial charge in [-0.1, -0.05) is 0 Å². The number of methoxy groups -OCH3 is 2. The van der Waals surface area contributed by atoms with E-state index < -0.39 is 0 Å². The van der Waals surface area contributed by atoms with Crippen LogP contribution in [-0.2, 0) is 0 Å². The number of hydrogen-bond acceptors (Lipinski definition) is 5. The van der Waals surface area contributed by atoms with E-state index in [0.717, 1.165) is 54.5 Å². The Bertz CT molecular complexity index is 586. The van der Waals surface area contributed by atoms with Crippen molar-refractivity contribution in [3.63, 3.8) is 0 Å². The average Bonchev–Trinajstić information content (AvgIpc) is 2.69. The molecule has 0 spiro atoms. The molecule has 25 heavy (non-hydrogen) atoms. The number of piperazine rings is 1. The Morgan fingerprint density at radius 2 is 1.84 bits per heavy atom. The van der Waals surface area contributed by atoms with Gasteiger partial charge in [-0.3, -0.25) is 4.90 Å². The Kier molecular flexibility index (Phi) is 6.67. The van der Waals surface area contributed by atoms with Crippen LogP contribution in [0.15, 0.2) is 18.2 Å². The molecule has 2 fully saturated rings. The van der Waals surface area contributed by atoms with Gasteiger partial charge in [0.15, 0.2) is 5.11 Å². The lowest BCUT2D eigenvalue weighted by Gasteiger charge is -2.41. The van der Waals surface area contributed by atoms with Crippen LogP contribution in [0.25, 0.3) is 0 Å². The lowest BCUT2D eigenvalue weighted by molar-refractivity contribution is 0.126. The van der Waals surface area contributed by atoms with Gasteiger partial charge in [0.1, 0.15) is 11.5 Å². The minimum atomic E-state index is 0.736. The standard InChI is InChI=1S/C18H27N3O2S2/c1-22-15-3-4-16(17(13-15)23-2)19-18(24)21-9-7-20(8-10-21)14-5-11-25-12-6-14/h3-4,13-14H,5-12H2,1-2H3,(H,19,24). The molecule has 7 heteroatoms. The van der Waals surface area contributed by atoms with Gasteiger partial charge in [0.2, 0.25) is 0 Å². The van der Waals surface area contributed by atoms with Crippen LogP contribution < -0.4 is 14.8 Å². The number of anilines is 1. The molecular formula is C18H27N3O2S2. The number of nitrogens with one attached hydrogen (secondary N) is 1. The Morgan fingerprint density at radius 3 is 2.48 bits per heavy atom. The maximum atomic E-state index is 5.63. The molecule has 1 N–H and O–H groups in total. The smallest absolute Gasteiger partial charge is 0.173 e. The summed E-state index contributed by atoms with van der Waals surface area (Å²) in [6.45, 7) is 4.15. The molecule has 0 aliphatic carbocycles. The highest BCUT2D eigenvalue weighted by molar-refractivity contribution is 7.99. The Hall–Kier alpha value is -1.18. The van der Waals surface area contributed by atoms with E-state index in [1.807, 2.05) is 18.2 Å². The maximum Gasteiger partial charge on any atom is 0.173 e. The van der Waals surface area contributed by atoms with E-state index in [-0.39, 0.29) is 0 Å². The van der Waals surface area contributed by atoms with E-state index in [0.29, 0.717) is 0 Å². The molecule has 5 nitrogen and oxygen atoms in total. The summed E-state index contributed by atoms with van der Waals surface area (Å²) in [5, 5.41) is 4.10. The fourth-order valence-corrected chi connectivity index (χ4v) is 4.81. The van der Waals surface area contributed by atoms with Gasteiger partial charge >= 0.3 is 0 Å². The van der Waals surface area contributed by atoms with Crippen molar-refractivity contribution < 1.29 is 9.47 Å². The maximum absolute atomic E-state index is 5.63. The first-order valence-corrected chi connectivity index (χ1v) is 10.4. The quantitative estimate of drug-likeness (QED) is 0.804. The number of hydrogen-bond donors (Lipinski definition) is 1. The molecule has 2 aliphatic heterocycles. The molecule has 0 aromatic heterocycles. The summed E-state index contributed by atoms with van der Waals surface area (Å²) >= 11 is 7.71. The summed E-state index contributed by atoms with van der Waals surface area (Å²) in [7, 11) is 3.31. The number of nitrogens with zero attached hydrogens (tertiary/aromatic N) is 2. The zero-order chi connectivity index (χ0) is 17.6.